The summed E-state index contributed by atoms with van der Waals surface area (Å²) in [6.07, 6.45) is 0. The first-order valence-corrected chi connectivity index (χ1v) is 8.85. The minimum absolute atomic E-state index is 0.174. The number of aryl methyl sites for hydroxylation is 1. The topological polar surface area (TPSA) is 154 Å². The molecule has 2 aromatic rings. The van der Waals surface area contributed by atoms with Crippen molar-refractivity contribution >= 4 is 23.2 Å². The zero-order valence-corrected chi connectivity index (χ0v) is 16.5. The average Bonchev–Trinajstić information content (AvgIpc) is 2.69. The van der Waals surface area contributed by atoms with Gasteiger partial charge >= 0.3 is 0 Å². The van der Waals surface area contributed by atoms with Crippen LogP contribution in [0.2, 0.25) is 0 Å². The van der Waals surface area contributed by atoms with E-state index in [0.717, 1.165) is 29.3 Å². The predicted octanol–water partition coefficient (Wildman–Crippen LogP) is 2.77. The number of non-ortho nitro benzene ring substituents is 2. The number of carbonyl (C=O) groups excluding carboxylic acids is 2. The van der Waals surface area contributed by atoms with Gasteiger partial charge in [-0.15, -0.1) is 0 Å². The van der Waals surface area contributed by atoms with E-state index in [0.29, 0.717) is 5.75 Å². The van der Waals surface area contributed by atoms with E-state index >= 15 is 0 Å². The van der Waals surface area contributed by atoms with Gasteiger partial charge in [-0.3, -0.25) is 40.7 Å². The van der Waals surface area contributed by atoms with Gasteiger partial charge in [-0.1, -0.05) is 26.0 Å². The van der Waals surface area contributed by atoms with Crippen LogP contribution in [0.15, 0.2) is 36.4 Å². The van der Waals surface area contributed by atoms with Gasteiger partial charge in [0.25, 0.3) is 23.2 Å². The maximum absolute atomic E-state index is 12.1. The minimum atomic E-state index is -0.950. The van der Waals surface area contributed by atoms with Gasteiger partial charge in [0.1, 0.15) is 5.75 Å². The van der Waals surface area contributed by atoms with Crippen LogP contribution in [0.4, 0.5) is 11.4 Å². The summed E-state index contributed by atoms with van der Waals surface area (Å²) in [5.41, 5.74) is 4.44. The number of hydrogen-bond donors (Lipinski definition) is 2. The summed E-state index contributed by atoms with van der Waals surface area (Å²) in [5, 5.41) is 21.8. The minimum Gasteiger partial charge on any atom is -0.483 e. The molecule has 0 heterocycles. The Morgan fingerprint density at radius 2 is 1.60 bits per heavy atom. The highest BCUT2D eigenvalue weighted by Gasteiger charge is 2.20. The summed E-state index contributed by atoms with van der Waals surface area (Å²) in [7, 11) is 0. The summed E-state index contributed by atoms with van der Waals surface area (Å²) in [6.45, 7) is 5.46. The number of nitrogens with zero attached hydrogens (tertiary/aromatic N) is 2. The third-order valence-electron chi connectivity index (χ3n) is 4.05. The molecule has 0 saturated heterocycles. The molecular formula is C19H20N4O7. The molecule has 2 aromatic carbocycles. The summed E-state index contributed by atoms with van der Waals surface area (Å²) >= 11 is 0. The second kappa shape index (κ2) is 9.45. The van der Waals surface area contributed by atoms with E-state index < -0.39 is 39.6 Å². The van der Waals surface area contributed by atoms with Gasteiger partial charge in [0, 0.05) is 12.1 Å². The lowest BCUT2D eigenvalue weighted by atomic mass is 10.0. The molecule has 0 aromatic heterocycles. The number of nitrogens with one attached hydrogen (secondary N) is 2. The SMILES string of the molecule is Cc1ccc(C(C)C)c(OCC(=O)NNC(=O)c2cc([N+](=O)[O-])cc([N+](=O)[O-])c2)c1. The van der Waals surface area contributed by atoms with Crippen LogP contribution in [0.1, 0.15) is 41.3 Å². The highest BCUT2D eigenvalue weighted by atomic mass is 16.6. The van der Waals surface area contributed by atoms with Crippen LogP contribution in [0, 0.1) is 27.2 Å². The number of hydrazine groups is 1. The Labute approximate surface area is 171 Å². The van der Waals surface area contributed by atoms with Crippen LogP contribution in [0.3, 0.4) is 0 Å². The maximum atomic E-state index is 12.1. The molecule has 0 aliphatic rings. The van der Waals surface area contributed by atoms with Crippen molar-refractivity contribution in [3.63, 3.8) is 0 Å². The van der Waals surface area contributed by atoms with Gasteiger partial charge < -0.3 is 4.74 Å². The quantitative estimate of drug-likeness (QED) is 0.519. The number of amides is 2. The van der Waals surface area contributed by atoms with Crippen LogP contribution in [0.5, 0.6) is 5.75 Å². The van der Waals surface area contributed by atoms with Crippen LogP contribution in [-0.4, -0.2) is 28.3 Å². The molecule has 0 spiro atoms. The zero-order chi connectivity index (χ0) is 22.4. The van der Waals surface area contributed by atoms with Gasteiger partial charge in [-0.2, -0.15) is 0 Å². The van der Waals surface area contributed by atoms with Crippen LogP contribution >= 0.6 is 0 Å². The van der Waals surface area contributed by atoms with Crippen molar-refractivity contribution in [2.45, 2.75) is 26.7 Å². The van der Waals surface area contributed by atoms with Gasteiger partial charge in [-0.25, -0.2) is 0 Å². The smallest absolute Gasteiger partial charge is 0.277 e. The second-order valence-corrected chi connectivity index (χ2v) is 6.74. The molecule has 2 N–H and O–H groups in total. The molecule has 0 aliphatic heterocycles. The van der Waals surface area contributed by atoms with E-state index in [1.165, 1.54) is 0 Å². The first-order valence-electron chi connectivity index (χ1n) is 8.85. The highest BCUT2D eigenvalue weighted by molar-refractivity contribution is 5.96. The molecule has 2 rings (SSSR count). The normalized spacial score (nSPS) is 10.4. The van der Waals surface area contributed by atoms with Crippen molar-refractivity contribution in [3.05, 3.63) is 73.3 Å². The van der Waals surface area contributed by atoms with Crippen LogP contribution in [0.25, 0.3) is 0 Å². The number of hydrogen-bond acceptors (Lipinski definition) is 7. The third kappa shape index (κ3) is 5.74. The van der Waals surface area contributed by atoms with E-state index in [4.69, 9.17) is 4.74 Å². The van der Waals surface area contributed by atoms with Crippen LogP contribution < -0.4 is 15.6 Å². The zero-order valence-electron chi connectivity index (χ0n) is 16.5. The fraction of sp³-hybridized carbons (Fsp3) is 0.263. The molecule has 0 unspecified atom stereocenters. The Morgan fingerprint density at radius 1 is 1.00 bits per heavy atom. The fourth-order valence-electron chi connectivity index (χ4n) is 2.56. The van der Waals surface area contributed by atoms with Crippen molar-refractivity contribution < 1.29 is 24.2 Å². The van der Waals surface area contributed by atoms with Crippen molar-refractivity contribution in [3.8, 4) is 5.75 Å². The number of nitro benzene ring substituents is 2. The summed E-state index contributed by atoms with van der Waals surface area (Å²) < 4.78 is 5.54. The molecule has 2 amide bonds. The molecule has 0 bridgehead atoms. The summed E-state index contributed by atoms with van der Waals surface area (Å²) in [5.74, 6) is -0.915. The standard InChI is InChI=1S/C19H20N4O7/c1-11(2)16-5-4-12(3)6-17(16)30-10-18(24)20-21-19(25)13-7-14(22(26)27)9-15(8-13)23(28)29/h4-9,11H,10H2,1-3H3,(H,20,24)(H,21,25). The molecule has 0 aliphatic carbocycles. The first kappa shape index (κ1) is 22.3. The van der Waals surface area contributed by atoms with Gasteiger partial charge in [0.05, 0.1) is 21.5 Å². The average molecular weight is 416 g/mol. The Hall–Kier alpha value is -4.02. The number of carbonyl (C=O) groups is 2. The Kier molecular flexibility index (Phi) is 7.02. The van der Waals surface area contributed by atoms with Crippen molar-refractivity contribution in [2.24, 2.45) is 0 Å². The second-order valence-electron chi connectivity index (χ2n) is 6.74. The Bertz CT molecular complexity index is 972. The third-order valence-corrected chi connectivity index (χ3v) is 4.05. The summed E-state index contributed by atoms with van der Waals surface area (Å²) in [4.78, 5) is 44.2. The van der Waals surface area contributed by atoms with E-state index in [1.54, 1.807) is 6.07 Å². The number of benzene rings is 2. The van der Waals surface area contributed by atoms with Crippen molar-refractivity contribution in [2.75, 3.05) is 6.61 Å². The lowest BCUT2D eigenvalue weighted by Crippen LogP contribution is -2.43. The van der Waals surface area contributed by atoms with E-state index in [1.807, 2.05) is 32.9 Å². The molecule has 11 nitrogen and oxygen atoms in total. The Balaban J connectivity index is 2.02. The molecule has 11 heteroatoms. The van der Waals surface area contributed by atoms with Crippen molar-refractivity contribution in [1.29, 1.82) is 0 Å². The molecule has 0 saturated carbocycles. The molecular weight excluding hydrogens is 396 g/mol. The van der Waals surface area contributed by atoms with Gasteiger partial charge in [0.2, 0.25) is 0 Å². The molecule has 0 radical (unpaired) electrons. The number of ether oxygens (including phenoxy) is 1. The maximum Gasteiger partial charge on any atom is 0.277 e. The molecule has 0 atom stereocenters. The number of rotatable bonds is 7. The van der Waals surface area contributed by atoms with Crippen molar-refractivity contribution in [1.82, 2.24) is 10.9 Å². The monoisotopic (exact) mass is 416 g/mol. The molecule has 158 valence electrons. The number of nitro groups is 2. The van der Waals surface area contributed by atoms with Gasteiger partial charge in [-0.05, 0) is 30.0 Å². The largest absolute Gasteiger partial charge is 0.483 e. The van der Waals surface area contributed by atoms with Crippen LogP contribution in [-0.2, 0) is 4.79 Å². The van der Waals surface area contributed by atoms with E-state index in [2.05, 4.69) is 10.9 Å². The highest BCUT2D eigenvalue weighted by Crippen LogP contribution is 2.27. The predicted molar refractivity (Wildman–Crippen MR) is 106 cm³/mol. The molecule has 0 fully saturated rings. The van der Waals surface area contributed by atoms with E-state index in [9.17, 15) is 29.8 Å². The van der Waals surface area contributed by atoms with E-state index in [-0.39, 0.29) is 11.5 Å². The Morgan fingerprint density at radius 3 is 2.13 bits per heavy atom. The summed E-state index contributed by atoms with van der Waals surface area (Å²) in [6, 6.07) is 8.10. The molecule has 30 heavy (non-hydrogen) atoms. The van der Waals surface area contributed by atoms with Gasteiger partial charge in [0.15, 0.2) is 6.61 Å². The fourth-order valence-corrected chi connectivity index (χ4v) is 2.56. The lowest BCUT2D eigenvalue weighted by Gasteiger charge is -2.15. The lowest BCUT2D eigenvalue weighted by molar-refractivity contribution is -0.394. The first-order chi connectivity index (χ1) is 14.1.